The molecule has 0 aliphatic heterocycles. The van der Waals surface area contributed by atoms with Gasteiger partial charge in [-0.2, -0.15) is 0 Å². The molecule has 0 radical (unpaired) electrons. The molecule has 1 saturated carbocycles. The number of carbonyl (C=O) groups excluding carboxylic acids is 1. The molecule has 1 atom stereocenters. The maximum Gasteiger partial charge on any atom is 0.246 e. The first-order chi connectivity index (χ1) is 6.62. The first kappa shape index (κ1) is 11.5. The Kier molecular flexibility index (Phi) is 3.89. The Morgan fingerprint density at radius 1 is 1.64 bits per heavy atom. The van der Waals surface area contributed by atoms with Crippen molar-refractivity contribution in [3.63, 3.8) is 0 Å². The summed E-state index contributed by atoms with van der Waals surface area (Å²) in [5.74, 6) is 0.491. The van der Waals surface area contributed by atoms with Gasteiger partial charge in [-0.1, -0.05) is 0 Å². The first-order valence-corrected chi connectivity index (χ1v) is 5.21. The topological polar surface area (TPSA) is 64.3 Å². The van der Waals surface area contributed by atoms with Crippen LogP contribution in [0.1, 0.15) is 26.7 Å². The second-order valence-electron chi connectivity index (χ2n) is 4.08. The highest BCUT2D eigenvalue weighted by Gasteiger charge is 2.41. The Hall–Kier alpha value is -0.610. The summed E-state index contributed by atoms with van der Waals surface area (Å²) < 4.78 is 5.03. The van der Waals surface area contributed by atoms with Crippen molar-refractivity contribution in [2.24, 2.45) is 11.7 Å². The van der Waals surface area contributed by atoms with Crippen molar-refractivity contribution in [3.8, 4) is 0 Å². The van der Waals surface area contributed by atoms with E-state index in [2.05, 4.69) is 5.32 Å². The molecule has 1 fully saturated rings. The van der Waals surface area contributed by atoms with Crippen LogP contribution in [0.15, 0.2) is 0 Å². The minimum absolute atomic E-state index is 0.0632. The highest BCUT2D eigenvalue weighted by atomic mass is 16.5. The molecule has 1 aliphatic carbocycles. The largest absolute Gasteiger partial charge is 0.372 e. The average Bonchev–Trinajstić information content (AvgIpc) is 2.97. The predicted octanol–water partition coefficient (Wildman–Crippen LogP) is 0.267. The molecular formula is C10H20N2O2. The molecule has 1 unspecified atom stereocenters. The molecule has 4 nitrogen and oxygen atoms in total. The third kappa shape index (κ3) is 2.96. The van der Waals surface area contributed by atoms with Crippen molar-refractivity contribution in [1.82, 2.24) is 5.32 Å². The van der Waals surface area contributed by atoms with E-state index in [4.69, 9.17) is 10.5 Å². The molecule has 0 bridgehead atoms. The van der Waals surface area contributed by atoms with Crippen LogP contribution in [-0.2, 0) is 9.53 Å². The zero-order chi connectivity index (χ0) is 10.6. The van der Waals surface area contributed by atoms with Gasteiger partial charge in [0.25, 0.3) is 0 Å². The Bertz CT molecular complexity index is 204. The van der Waals surface area contributed by atoms with Crippen molar-refractivity contribution in [2.75, 3.05) is 19.8 Å². The Labute approximate surface area is 85.2 Å². The third-order valence-electron chi connectivity index (χ3n) is 2.76. The Morgan fingerprint density at radius 3 is 2.71 bits per heavy atom. The number of hydrogen-bond donors (Lipinski definition) is 2. The van der Waals surface area contributed by atoms with Crippen LogP contribution in [0.25, 0.3) is 0 Å². The van der Waals surface area contributed by atoms with E-state index in [-0.39, 0.29) is 18.1 Å². The van der Waals surface area contributed by atoms with E-state index in [1.807, 2.05) is 13.8 Å². The second-order valence-corrected chi connectivity index (χ2v) is 4.08. The van der Waals surface area contributed by atoms with E-state index in [1.165, 1.54) is 12.8 Å². The number of rotatable bonds is 6. The highest BCUT2D eigenvalue weighted by Crippen LogP contribution is 2.38. The van der Waals surface area contributed by atoms with Gasteiger partial charge in [-0.3, -0.25) is 4.79 Å². The lowest BCUT2D eigenvalue weighted by Gasteiger charge is -2.29. The van der Waals surface area contributed by atoms with Gasteiger partial charge in [-0.25, -0.2) is 0 Å². The molecule has 0 spiro atoms. The van der Waals surface area contributed by atoms with Gasteiger partial charge >= 0.3 is 0 Å². The summed E-state index contributed by atoms with van der Waals surface area (Å²) in [6.45, 7) is 5.08. The van der Waals surface area contributed by atoms with Crippen molar-refractivity contribution in [1.29, 1.82) is 0 Å². The molecule has 1 aliphatic rings. The van der Waals surface area contributed by atoms with Crippen molar-refractivity contribution < 1.29 is 9.53 Å². The Balaban J connectivity index is 2.35. The number of amides is 1. The van der Waals surface area contributed by atoms with E-state index < -0.39 is 0 Å². The van der Waals surface area contributed by atoms with Crippen LogP contribution in [0.5, 0.6) is 0 Å². The molecule has 1 rings (SSSR count). The molecule has 82 valence electrons. The summed E-state index contributed by atoms with van der Waals surface area (Å²) in [6, 6.07) is 0. The van der Waals surface area contributed by atoms with E-state index in [9.17, 15) is 4.79 Å². The van der Waals surface area contributed by atoms with E-state index in [0.717, 1.165) is 0 Å². The van der Waals surface area contributed by atoms with Gasteiger partial charge in [0.15, 0.2) is 0 Å². The van der Waals surface area contributed by atoms with Gasteiger partial charge in [-0.15, -0.1) is 0 Å². The maximum atomic E-state index is 11.4. The zero-order valence-electron chi connectivity index (χ0n) is 9.01. The molecule has 14 heavy (non-hydrogen) atoms. The standard InChI is InChI=1S/C10H20N2O2/c1-3-14-6-9(13)12-10(2,7-11)8-4-5-8/h8H,3-7,11H2,1-2H3,(H,12,13). The lowest BCUT2D eigenvalue weighted by Crippen LogP contribution is -2.54. The maximum absolute atomic E-state index is 11.4. The quantitative estimate of drug-likeness (QED) is 0.646. The summed E-state index contributed by atoms with van der Waals surface area (Å²) >= 11 is 0. The summed E-state index contributed by atoms with van der Waals surface area (Å²) in [4.78, 5) is 11.4. The highest BCUT2D eigenvalue weighted by molar-refractivity contribution is 5.78. The van der Waals surface area contributed by atoms with Crippen LogP contribution in [0, 0.1) is 5.92 Å². The van der Waals surface area contributed by atoms with Gasteiger partial charge in [0.05, 0.1) is 5.54 Å². The summed E-state index contributed by atoms with van der Waals surface area (Å²) in [7, 11) is 0. The summed E-state index contributed by atoms with van der Waals surface area (Å²) in [5.41, 5.74) is 5.44. The zero-order valence-corrected chi connectivity index (χ0v) is 9.01. The number of hydrogen-bond acceptors (Lipinski definition) is 3. The fourth-order valence-electron chi connectivity index (χ4n) is 1.59. The minimum atomic E-state index is -0.228. The average molecular weight is 200 g/mol. The van der Waals surface area contributed by atoms with Crippen LogP contribution >= 0.6 is 0 Å². The van der Waals surface area contributed by atoms with E-state index in [0.29, 0.717) is 19.1 Å². The normalized spacial score (nSPS) is 20.2. The fraction of sp³-hybridized carbons (Fsp3) is 0.900. The van der Waals surface area contributed by atoms with Crippen LogP contribution in [0.3, 0.4) is 0 Å². The van der Waals surface area contributed by atoms with E-state index in [1.54, 1.807) is 0 Å². The fourth-order valence-corrected chi connectivity index (χ4v) is 1.59. The molecule has 0 saturated heterocycles. The Morgan fingerprint density at radius 2 is 2.29 bits per heavy atom. The smallest absolute Gasteiger partial charge is 0.246 e. The van der Waals surface area contributed by atoms with Gasteiger partial charge in [0.2, 0.25) is 5.91 Å². The van der Waals surface area contributed by atoms with Crippen LogP contribution in [-0.4, -0.2) is 31.2 Å². The summed E-state index contributed by atoms with van der Waals surface area (Å²) in [6.07, 6.45) is 2.34. The van der Waals surface area contributed by atoms with Crippen molar-refractivity contribution in [2.45, 2.75) is 32.2 Å². The predicted molar refractivity (Wildman–Crippen MR) is 54.8 cm³/mol. The van der Waals surface area contributed by atoms with Crippen molar-refractivity contribution in [3.05, 3.63) is 0 Å². The van der Waals surface area contributed by atoms with Crippen LogP contribution in [0.4, 0.5) is 0 Å². The van der Waals surface area contributed by atoms with E-state index >= 15 is 0 Å². The van der Waals surface area contributed by atoms with Gasteiger partial charge in [0, 0.05) is 13.2 Å². The monoisotopic (exact) mass is 200 g/mol. The van der Waals surface area contributed by atoms with Gasteiger partial charge < -0.3 is 15.8 Å². The summed E-state index contributed by atoms with van der Waals surface area (Å²) in [5, 5.41) is 2.95. The lowest BCUT2D eigenvalue weighted by molar-refractivity contribution is -0.127. The number of carbonyl (C=O) groups is 1. The SMILES string of the molecule is CCOCC(=O)NC(C)(CN)C1CC1. The lowest BCUT2D eigenvalue weighted by atomic mass is 9.96. The number of nitrogens with two attached hydrogens (primary N) is 1. The van der Waals surface area contributed by atoms with Crippen LogP contribution in [0.2, 0.25) is 0 Å². The molecular weight excluding hydrogens is 180 g/mol. The number of ether oxygens (including phenoxy) is 1. The number of nitrogens with one attached hydrogen (secondary N) is 1. The molecule has 4 heteroatoms. The first-order valence-electron chi connectivity index (χ1n) is 5.21. The second kappa shape index (κ2) is 4.75. The molecule has 3 N–H and O–H groups in total. The third-order valence-corrected chi connectivity index (χ3v) is 2.76. The van der Waals surface area contributed by atoms with Crippen LogP contribution < -0.4 is 11.1 Å². The molecule has 0 aromatic heterocycles. The molecule has 1 amide bonds. The molecule has 0 aromatic carbocycles. The molecule has 0 heterocycles. The van der Waals surface area contributed by atoms with Gasteiger partial charge in [-0.05, 0) is 32.6 Å². The van der Waals surface area contributed by atoms with Crippen molar-refractivity contribution >= 4 is 5.91 Å². The van der Waals surface area contributed by atoms with Gasteiger partial charge in [0.1, 0.15) is 6.61 Å². The minimum Gasteiger partial charge on any atom is -0.372 e. The molecule has 0 aromatic rings.